The topological polar surface area (TPSA) is 115 Å². The van der Waals surface area contributed by atoms with Crippen LogP contribution >= 0.6 is 0 Å². The van der Waals surface area contributed by atoms with Gasteiger partial charge >= 0.3 is 0 Å². The molecule has 6 rings (SSSR count). The molecule has 0 bridgehead atoms. The van der Waals surface area contributed by atoms with Crippen molar-refractivity contribution in [3.8, 4) is 17.2 Å². The Labute approximate surface area is 187 Å². The maximum atomic E-state index is 13.1. The lowest BCUT2D eigenvalue weighted by Crippen LogP contribution is -2.52. The number of piperidine rings is 1. The van der Waals surface area contributed by atoms with E-state index in [1.807, 2.05) is 41.9 Å². The zero-order chi connectivity index (χ0) is 22.7. The number of aromatic nitrogens is 5. The van der Waals surface area contributed by atoms with Crippen LogP contribution in [0.3, 0.4) is 0 Å². The van der Waals surface area contributed by atoms with E-state index in [2.05, 4.69) is 20.6 Å². The van der Waals surface area contributed by atoms with Crippen LogP contribution in [0.4, 0.5) is 0 Å². The Morgan fingerprint density at radius 1 is 1.06 bits per heavy atom. The molecule has 2 aromatic carbocycles. The van der Waals surface area contributed by atoms with Crippen LogP contribution in [-0.4, -0.2) is 53.2 Å². The van der Waals surface area contributed by atoms with Crippen molar-refractivity contribution in [2.75, 3.05) is 0 Å². The Bertz CT molecular complexity index is 1470. The first kappa shape index (κ1) is 19.4. The van der Waals surface area contributed by atoms with E-state index in [0.717, 1.165) is 16.6 Å². The number of aryl methyl sites for hydroxylation is 1. The van der Waals surface area contributed by atoms with E-state index in [1.165, 1.54) is 4.90 Å². The van der Waals surface area contributed by atoms with Crippen molar-refractivity contribution in [2.45, 2.75) is 25.4 Å². The van der Waals surface area contributed by atoms with E-state index in [4.69, 9.17) is 0 Å². The first-order valence-corrected chi connectivity index (χ1v) is 10.6. The smallest absolute Gasteiger partial charge is 0.255 e. The largest absolute Gasteiger partial charge is 0.326 e. The predicted octanol–water partition coefficient (Wildman–Crippen LogP) is 1.58. The average molecular weight is 441 g/mol. The van der Waals surface area contributed by atoms with E-state index in [0.29, 0.717) is 29.2 Å². The highest BCUT2D eigenvalue weighted by Crippen LogP contribution is 2.32. The van der Waals surface area contributed by atoms with Gasteiger partial charge in [-0.2, -0.15) is 0 Å². The van der Waals surface area contributed by atoms with Gasteiger partial charge in [0.2, 0.25) is 11.8 Å². The Kier molecular flexibility index (Phi) is 4.16. The van der Waals surface area contributed by atoms with Crippen molar-refractivity contribution in [2.24, 2.45) is 7.05 Å². The van der Waals surface area contributed by atoms with Crippen LogP contribution in [0.15, 0.2) is 48.7 Å². The van der Waals surface area contributed by atoms with Gasteiger partial charge in [0.15, 0.2) is 5.82 Å². The van der Waals surface area contributed by atoms with E-state index >= 15 is 0 Å². The summed E-state index contributed by atoms with van der Waals surface area (Å²) in [7, 11) is 1.93. The van der Waals surface area contributed by atoms with Gasteiger partial charge in [0, 0.05) is 31.1 Å². The van der Waals surface area contributed by atoms with Crippen LogP contribution in [0.25, 0.3) is 28.2 Å². The molecule has 0 radical (unpaired) electrons. The Morgan fingerprint density at radius 2 is 1.91 bits per heavy atom. The highest BCUT2D eigenvalue weighted by Gasteiger charge is 2.40. The van der Waals surface area contributed by atoms with Gasteiger partial charge in [-0.3, -0.25) is 19.7 Å². The molecule has 3 amide bonds. The lowest BCUT2D eigenvalue weighted by Gasteiger charge is -2.29. The summed E-state index contributed by atoms with van der Waals surface area (Å²) in [5.41, 5.74) is 4.49. The van der Waals surface area contributed by atoms with E-state index in [1.54, 1.807) is 23.0 Å². The van der Waals surface area contributed by atoms with Gasteiger partial charge in [-0.05, 0) is 30.7 Å². The fraction of sp³-hybridized carbons (Fsp3) is 0.217. The Balaban J connectivity index is 1.36. The molecule has 10 nitrogen and oxygen atoms in total. The molecular weight excluding hydrogens is 422 g/mol. The molecule has 2 aliphatic heterocycles. The summed E-state index contributed by atoms with van der Waals surface area (Å²) in [5.74, 6) is -0.273. The minimum atomic E-state index is -0.665. The number of benzene rings is 2. The lowest BCUT2D eigenvalue weighted by atomic mass is 10.0. The van der Waals surface area contributed by atoms with Crippen molar-refractivity contribution >= 4 is 28.8 Å². The SMILES string of the molecule is Cn1c(-c2cn(-c3cccc4c3CN(C3CCC(=O)NC3=O)C4=O)nn2)nc2ccccc21. The van der Waals surface area contributed by atoms with E-state index < -0.39 is 11.9 Å². The lowest BCUT2D eigenvalue weighted by molar-refractivity contribution is -0.136. The summed E-state index contributed by atoms with van der Waals surface area (Å²) in [6.45, 7) is 0.262. The molecule has 2 aliphatic rings. The number of nitrogens with zero attached hydrogens (tertiary/aromatic N) is 6. The molecule has 0 spiro atoms. The molecule has 1 atom stereocenters. The van der Waals surface area contributed by atoms with Crippen LogP contribution in [0.5, 0.6) is 0 Å². The molecule has 4 aromatic rings. The number of hydrogen-bond acceptors (Lipinski definition) is 6. The number of rotatable bonds is 3. The number of carbonyl (C=O) groups excluding carboxylic acids is 3. The molecule has 1 fully saturated rings. The highest BCUT2D eigenvalue weighted by atomic mass is 16.2. The molecule has 0 saturated carbocycles. The molecule has 1 N–H and O–H groups in total. The third-order valence-corrected chi connectivity index (χ3v) is 6.31. The molecule has 0 aliphatic carbocycles. The highest BCUT2D eigenvalue weighted by molar-refractivity contribution is 6.05. The second-order valence-corrected chi connectivity index (χ2v) is 8.23. The maximum Gasteiger partial charge on any atom is 0.255 e. The standard InChI is InChI=1S/C23H19N7O3/c1-28-18-7-3-2-6-15(18)24-21(28)16-12-30(27-26-16)17-8-4-5-13-14(17)11-29(23(13)33)19-9-10-20(31)25-22(19)32/h2-8,12,19H,9-11H2,1H3,(H,25,31,32). The van der Waals surface area contributed by atoms with Gasteiger partial charge in [0.05, 0.1) is 22.9 Å². The minimum absolute atomic E-state index is 0.216. The van der Waals surface area contributed by atoms with E-state index in [9.17, 15) is 14.4 Å². The Morgan fingerprint density at radius 3 is 2.73 bits per heavy atom. The summed E-state index contributed by atoms with van der Waals surface area (Å²) in [4.78, 5) is 43.1. The third kappa shape index (κ3) is 2.94. The summed E-state index contributed by atoms with van der Waals surface area (Å²) in [6.07, 6.45) is 2.32. The fourth-order valence-corrected chi connectivity index (χ4v) is 4.64. The first-order chi connectivity index (χ1) is 16.0. The molecule has 10 heteroatoms. The predicted molar refractivity (Wildman–Crippen MR) is 117 cm³/mol. The number of para-hydroxylation sites is 2. The van der Waals surface area contributed by atoms with Crippen molar-refractivity contribution in [1.82, 2.24) is 34.8 Å². The van der Waals surface area contributed by atoms with Gasteiger partial charge in [0.1, 0.15) is 11.7 Å². The van der Waals surface area contributed by atoms with Crippen LogP contribution < -0.4 is 5.32 Å². The normalized spacial score (nSPS) is 18.2. The first-order valence-electron chi connectivity index (χ1n) is 10.6. The number of carbonyl (C=O) groups is 3. The molecule has 4 heterocycles. The molecule has 33 heavy (non-hydrogen) atoms. The molecule has 1 saturated heterocycles. The molecule has 164 valence electrons. The molecule has 2 aromatic heterocycles. The number of nitrogens with one attached hydrogen (secondary N) is 1. The van der Waals surface area contributed by atoms with Gasteiger partial charge in [-0.15, -0.1) is 5.10 Å². The van der Waals surface area contributed by atoms with Gasteiger partial charge in [-0.25, -0.2) is 9.67 Å². The number of fused-ring (bicyclic) bond motifs is 2. The fourth-order valence-electron chi connectivity index (χ4n) is 4.64. The summed E-state index contributed by atoms with van der Waals surface area (Å²) < 4.78 is 3.60. The van der Waals surface area contributed by atoms with Crippen molar-refractivity contribution < 1.29 is 14.4 Å². The minimum Gasteiger partial charge on any atom is -0.326 e. The van der Waals surface area contributed by atoms with Crippen molar-refractivity contribution in [3.63, 3.8) is 0 Å². The number of imidazole rings is 1. The zero-order valence-corrected chi connectivity index (χ0v) is 17.7. The van der Waals surface area contributed by atoms with Crippen LogP contribution in [0.2, 0.25) is 0 Å². The van der Waals surface area contributed by atoms with Crippen LogP contribution in [0, 0.1) is 0 Å². The van der Waals surface area contributed by atoms with Gasteiger partial charge < -0.3 is 9.47 Å². The number of amides is 3. The second-order valence-electron chi connectivity index (χ2n) is 8.23. The van der Waals surface area contributed by atoms with Crippen molar-refractivity contribution in [1.29, 1.82) is 0 Å². The zero-order valence-electron chi connectivity index (χ0n) is 17.7. The van der Waals surface area contributed by atoms with Gasteiger partial charge in [0.25, 0.3) is 5.91 Å². The average Bonchev–Trinajstić information content (AvgIpc) is 3.51. The van der Waals surface area contributed by atoms with Crippen LogP contribution in [0.1, 0.15) is 28.8 Å². The monoisotopic (exact) mass is 441 g/mol. The quantitative estimate of drug-likeness (QED) is 0.483. The second kappa shape index (κ2) is 7.09. The maximum absolute atomic E-state index is 13.1. The van der Waals surface area contributed by atoms with Gasteiger partial charge in [-0.1, -0.05) is 23.4 Å². The van der Waals surface area contributed by atoms with Crippen LogP contribution in [-0.2, 0) is 23.2 Å². The van der Waals surface area contributed by atoms with Crippen molar-refractivity contribution in [3.05, 3.63) is 59.8 Å². The summed E-state index contributed by atoms with van der Waals surface area (Å²) in [5, 5.41) is 10.9. The molecular formula is C23H19N7O3. The number of imide groups is 1. The molecule has 1 unspecified atom stereocenters. The summed E-state index contributed by atoms with van der Waals surface area (Å²) >= 11 is 0. The number of hydrogen-bond donors (Lipinski definition) is 1. The summed E-state index contributed by atoms with van der Waals surface area (Å²) in [6, 6.07) is 12.6. The Hall–Kier alpha value is -4.34. The van der Waals surface area contributed by atoms with E-state index in [-0.39, 0.29) is 24.8 Å². The third-order valence-electron chi connectivity index (χ3n) is 6.31.